The highest BCUT2D eigenvalue weighted by Crippen LogP contribution is 2.43. The average Bonchev–Trinajstić information content (AvgIpc) is 2.98. The van der Waals surface area contributed by atoms with Gasteiger partial charge < -0.3 is 14.4 Å². The van der Waals surface area contributed by atoms with Gasteiger partial charge in [-0.15, -0.1) is 0 Å². The van der Waals surface area contributed by atoms with Gasteiger partial charge in [0.2, 0.25) is 0 Å². The molecule has 206 valence electrons. The molecule has 1 atom stereocenters. The van der Waals surface area contributed by atoms with Gasteiger partial charge in [0, 0.05) is 29.4 Å². The van der Waals surface area contributed by atoms with Crippen molar-refractivity contribution in [2.45, 2.75) is 33.1 Å². The van der Waals surface area contributed by atoms with Crippen LogP contribution in [0.2, 0.25) is 0 Å². The summed E-state index contributed by atoms with van der Waals surface area (Å²) in [5.41, 5.74) is 8.49. The number of aryl methyl sites for hydroxylation is 2. The van der Waals surface area contributed by atoms with Gasteiger partial charge in [-0.25, -0.2) is 0 Å². The molecule has 0 N–H and O–H groups in total. The van der Waals surface area contributed by atoms with Crippen molar-refractivity contribution in [3.8, 4) is 11.5 Å². The van der Waals surface area contributed by atoms with Crippen molar-refractivity contribution in [3.63, 3.8) is 0 Å². The molecule has 5 aromatic carbocycles. The molecule has 41 heavy (non-hydrogen) atoms. The van der Waals surface area contributed by atoms with Gasteiger partial charge in [-0.1, -0.05) is 66.2 Å². The highest BCUT2D eigenvalue weighted by Gasteiger charge is 2.32. The number of carbonyl (C=O) groups is 1. The normalized spacial score (nSPS) is 12.3. The van der Waals surface area contributed by atoms with Gasteiger partial charge in [-0.3, -0.25) is 4.79 Å². The molecule has 5 aromatic rings. The van der Waals surface area contributed by atoms with Crippen LogP contribution in [0.4, 0.5) is 17.1 Å². The van der Waals surface area contributed by atoms with Crippen LogP contribution in [0, 0.1) is 13.8 Å². The van der Waals surface area contributed by atoms with Gasteiger partial charge in [0.05, 0.1) is 7.11 Å². The molecule has 0 aliphatic rings. The Morgan fingerprint density at radius 2 is 1.17 bits per heavy atom. The molecule has 0 spiro atoms. The number of rotatable bonds is 8. The van der Waals surface area contributed by atoms with Crippen LogP contribution in [-0.4, -0.2) is 13.1 Å². The molecule has 4 heteroatoms. The quantitative estimate of drug-likeness (QED) is 0.112. The number of esters is 1. The third-order valence-corrected chi connectivity index (χ3v) is 7.59. The molecule has 0 radical (unpaired) electrons. The first-order valence-electron chi connectivity index (χ1n) is 13.8. The first-order valence-corrected chi connectivity index (χ1v) is 13.8. The van der Waals surface area contributed by atoms with Gasteiger partial charge in [0.25, 0.3) is 0 Å². The summed E-state index contributed by atoms with van der Waals surface area (Å²) < 4.78 is 10.8. The zero-order valence-electron chi connectivity index (χ0n) is 24.2. The molecule has 0 saturated carbocycles. The Morgan fingerprint density at radius 1 is 0.610 bits per heavy atom. The highest BCUT2D eigenvalue weighted by atomic mass is 16.5. The minimum atomic E-state index is -0.511. The van der Waals surface area contributed by atoms with E-state index < -0.39 is 5.41 Å². The number of benzene rings is 5. The maximum atomic E-state index is 11.5. The number of methoxy groups -OCH3 is 1. The summed E-state index contributed by atoms with van der Waals surface area (Å²) in [6.07, 6.45) is 0. The lowest BCUT2D eigenvalue weighted by atomic mass is 9.71. The third-order valence-electron chi connectivity index (χ3n) is 7.59. The zero-order valence-corrected chi connectivity index (χ0v) is 24.2. The fourth-order valence-corrected chi connectivity index (χ4v) is 5.31. The summed E-state index contributed by atoms with van der Waals surface area (Å²) in [6.45, 7) is 7.87. The van der Waals surface area contributed by atoms with Crippen molar-refractivity contribution in [3.05, 3.63) is 149 Å². The van der Waals surface area contributed by atoms with Gasteiger partial charge in [0.1, 0.15) is 11.5 Å². The second-order valence-corrected chi connectivity index (χ2v) is 10.5. The van der Waals surface area contributed by atoms with Crippen LogP contribution in [0.1, 0.15) is 41.7 Å². The minimum Gasteiger partial charge on any atom is -0.497 e. The predicted octanol–water partition coefficient (Wildman–Crippen LogP) is 9.06. The van der Waals surface area contributed by atoms with Crippen LogP contribution in [0.15, 0.2) is 121 Å². The van der Waals surface area contributed by atoms with Gasteiger partial charge in [-0.2, -0.15) is 0 Å². The molecule has 4 nitrogen and oxygen atoms in total. The van der Waals surface area contributed by atoms with E-state index in [-0.39, 0.29) is 5.97 Å². The van der Waals surface area contributed by atoms with Crippen LogP contribution in [0.5, 0.6) is 11.5 Å². The second-order valence-electron chi connectivity index (χ2n) is 10.5. The van der Waals surface area contributed by atoms with Gasteiger partial charge in [0.15, 0.2) is 0 Å². The summed E-state index contributed by atoms with van der Waals surface area (Å²) in [6, 6.07) is 41.9. The van der Waals surface area contributed by atoms with E-state index >= 15 is 0 Å². The van der Waals surface area contributed by atoms with E-state index in [1.54, 1.807) is 7.11 Å². The topological polar surface area (TPSA) is 38.8 Å². The molecule has 0 aromatic heterocycles. The number of hydrogen-bond donors (Lipinski definition) is 0. The van der Waals surface area contributed by atoms with Crippen LogP contribution in [0.3, 0.4) is 0 Å². The van der Waals surface area contributed by atoms with Gasteiger partial charge in [-0.05, 0) is 104 Å². The molecular weight excluding hydrogens is 506 g/mol. The summed E-state index contributed by atoms with van der Waals surface area (Å²) in [4.78, 5) is 13.8. The van der Waals surface area contributed by atoms with Crippen LogP contribution < -0.4 is 14.4 Å². The third kappa shape index (κ3) is 5.87. The van der Waals surface area contributed by atoms with Crippen molar-refractivity contribution < 1.29 is 14.3 Å². The van der Waals surface area contributed by atoms with Crippen molar-refractivity contribution in [1.29, 1.82) is 0 Å². The molecule has 0 amide bonds. The summed E-state index contributed by atoms with van der Waals surface area (Å²) >= 11 is 0. The molecule has 5 rings (SSSR count). The highest BCUT2D eigenvalue weighted by molar-refractivity contribution is 5.77. The van der Waals surface area contributed by atoms with E-state index in [1.165, 1.54) is 18.1 Å². The van der Waals surface area contributed by atoms with Crippen molar-refractivity contribution in [2.24, 2.45) is 0 Å². The van der Waals surface area contributed by atoms with Crippen LogP contribution >= 0.6 is 0 Å². The average molecular weight is 542 g/mol. The first-order chi connectivity index (χ1) is 19.8. The Hall–Kier alpha value is -4.83. The number of anilines is 3. The Labute approximate surface area is 242 Å². The van der Waals surface area contributed by atoms with E-state index in [0.29, 0.717) is 5.75 Å². The van der Waals surface area contributed by atoms with Crippen molar-refractivity contribution in [2.75, 3.05) is 12.0 Å². The zero-order chi connectivity index (χ0) is 29.0. The van der Waals surface area contributed by atoms with Gasteiger partial charge >= 0.3 is 5.97 Å². The smallest absolute Gasteiger partial charge is 0.308 e. The predicted molar refractivity (Wildman–Crippen MR) is 167 cm³/mol. The molecule has 1 unspecified atom stereocenters. The fraction of sp³-hybridized carbons (Fsp3) is 0.162. The molecular formula is C37H35NO3. The second kappa shape index (κ2) is 11.7. The largest absolute Gasteiger partial charge is 0.497 e. The van der Waals surface area contributed by atoms with Crippen molar-refractivity contribution in [1.82, 2.24) is 0 Å². The minimum absolute atomic E-state index is 0.337. The molecule has 0 aliphatic carbocycles. The fourth-order valence-electron chi connectivity index (χ4n) is 5.31. The van der Waals surface area contributed by atoms with E-state index in [4.69, 9.17) is 9.47 Å². The standard InChI is InChI=1S/C37H35NO3/c1-26-12-18-32(19-13-26)38(33-10-6-8-27(2)24-33)34-11-7-9-31(25-34)37(4,29-14-20-35(40-5)21-15-29)30-16-22-36(23-17-30)41-28(3)39/h6-25H,1-5H3. The molecule has 0 fully saturated rings. The maximum Gasteiger partial charge on any atom is 0.308 e. The summed E-state index contributed by atoms with van der Waals surface area (Å²) in [7, 11) is 1.68. The van der Waals surface area contributed by atoms with Crippen LogP contribution in [0.25, 0.3) is 0 Å². The van der Waals surface area contributed by atoms with E-state index in [0.717, 1.165) is 39.5 Å². The van der Waals surface area contributed by atoms with E-state index in [2.05, 4.69) is 111 Å². The van der Waals surface area contributed by atoms with Crippen molar-refractivity contribution >= 4 is 23.0 Å². The Kier molecular flexibility index (Phi) is 7.93. The lowest BCUT2D eigenvalue weighted by Gasteiger charge is -2.34. The summed E-state index contributed by atoms with van der Waals surface area (Å²) in [5.74, 6) is 0.993. The lowest BCUT2D eigenvalue weighted by molar-refractivity contribution is -0.131. The maximum absolute atomic E-state index is 11.5. The Bertz CT molecular complexity index is 1640. The van der Waals surface area contributed by atoms with E-state index in [9.17, 15) is 4.79 Å². The molecule has 0 saturated heterocycles. The summed E-state index contributed by atoms with van der Waals surface area (Å²) in [5, 5.41) is 0. The molecule has 0 aliphatic heterocycles. The van der Waals surface area contributed by atoms with E-state index in [1.807, 2.05) is 36.4 Å². The number of nitrogens with zero attached hydrogens (tertiary/aromatic N) is 1. The number of carbonyl (C=O) groups excluding carboxylic acids is 1. The number of ether oxygens (including phenoxy) is 2. The Balaban J connectivity index is 1.68. The molecule has 0 bridgehead atoms. The van der Waals surface area contributed by atoms with Crippen LogP contribution in [-0.2, 0) is 10.2 Å². The number of hydrogen-bond acceptors (Lipinski definition) is 4. The SMILES string of the molecule is COc1ccc(C(C)(c2ccc(OC(C)=O)cc2)c2cccc(N(c3ccc(C)cc3)c3cccc(C)c3)c2)cc1. The molecule has 0 heterocycles. The first kappa shape index (κ1) is 27.7. The Morgan fingerprint density at radius 3 is 1.73 bits per heavy atom. The lowest BCUT2D eigenvalue weighted by Crippen LogP contribution is -2.26. The monoisotopic (exact) mass is 541 g/mol.